The second kappa shape index (κ2) is 8.95. The van der Waals surface area contributed by atoms with Crippen molar-refractivity contribution < 1.29 is 14.3 Å². The predicted octanol–water partition coefficient (Wildman–Crippen LogP) is 3.14. The summed E-state index contributed by atoms with van der Waals surface area (Å²) in [6.07, 6.45) is 0.775. The SMILES string of the molecule is CC[C@@H](C)[C@@H](NC(=O)CSc1ccccc1Cl)C(=O)OC. The van der Waals surface area contributed by atoms with Crippen LogP contribution in [0.15, 0.2) is 29.2 Å². The molecule has 1 aromatic carbocycles. The molecule has 0 aromatic heterocycles. The molecular formula is C15H20ClNO3S. The van der Waals surface area contributed by atoms with E-state index in [1.165, 1.54) is 18.9 Å². The molecule has 1 rings (SSSR count). The molecule has 4 nitrogen and oxygen atoms in total. The first-order chi connectivity index (χ1) is 9.99. The first-order valence-electron chi connectivity index (χ1n) is 6.74. The number of thioether (sulfide) groups is 1. The molecule has 0 saturated carbocycles. The van der Waals surface area contributed by atoms with Crippen LogP contribution in [-0.2, 0) is 14.3 Å². The summed E-state index contributed by atoms with van der Waals surface area (Å²) in [6.45, 7) is 3.87. The zero-order valence-corrected chi connectivity index (χ0v) is 14.0. The standard InChI is InChI=1S/C15H20ClNO3S/c1-4-10(2)14(15(19)20-3)17-13(18)9-21-12-8-6-5-7-11(12)16/h5-8,10,14H,4,9H2,1-3H3,(H,17,18)/t10-,14-/m1/s1. The van der Waals surface area contributed by atoms with Crippen molar-refractivity contribution in [2.45, 2.75) is 31.2 Å². The van der Waals surface area contributed by atoms with Crippen molar-refractivity contribution in [1.29, 1.82) is 0 Å². The molecule has 116 valence electrons. The monoisotopic (exact) mass is 329 g/mol. The lowest BCUT2D eigenvalue weighted by atomic mass is 9.99. The third-order valence-electron chi connectivity index (χ3n) is 3.18. The van der Waals surface area contributed by atoms with Crippen molar-refractivity contribution in [1.82, 2.24) is 5.32 Å². The zero-order chi connectivity index (χ0) is 15.8. The number of esters is 1. The third kappa shape index (κ3) is 5.59. The highest BCUT2D eigenvalue weighted by Gasteiger charge is 2.26. The van der Waals surface area contributed by atoms with Crippen molar-refractivity contribution in [3.05, 3.63) is 29.3 Å². The molecule has 0 fully saturated rings. The molecule has 1 aromatic rings. The molecule has 2 atom stereocenters. The van der Waals surface area contributed by atoms with Gasteiger partial charge >= 0.3 is 5.97 Å². The highest BCUT2D eigenvalue weighted by atomic mass is 35.5. The molecule has 0 unspecified atom stereocenters. The lowest BCUT2D eigenvalue weighted by Crippen LogP contribution is -2.46. The van der Waals surface area contributed by atoms with E-state index < -0.39 is 12.0 Å². The van der Waals surface area contributed by atoms with E-state index in [4.69, 9.17) is 16.3 Å². The summed E-state index contributed by atoms with van der Waals surface area (Å²) < 4.78 is 4.74. The van der Waals surface area contributed by atoms with E-state index in [9.17, 15) is 9.59 Å². The van der Waals surface area contributed by atoms with Crippen LogP contribution in [0.5, 0.6) is 0 Å². The van der Waals surface area contributed by atoms with Gasteiger partial charge in [0.1, 0.15) is 6.04 Å². The average molecular weight is 330 g/mol. The molecule has 1 amide bonds. The maximum Gasteiger partial charge on any atom is 0.328 e. The molecule has 0 aliphatic heterocycles. The number of hydrogen-bond donors (Lipinski definition) is 1. The van der Waals surface area contributed by atoms with E-state index in [1.807, 2.05) is 32.0 Å². The van der Waals surface area contributed by atoms with E-state index >= 15 is 0 Å². The van der Waals surface area contributed by atoms with Crippen LogP contribution < -0.4 is 5.32 Å². The van der Waals surface area contributed by atoms with Crippen molar-refractivity contribution in [3.8, 4) is 0 Å². The number of hydrogen-bond acceptors (Lipinski definition) is 4. The van der Waals surface area contributed by atoms with Crippen LogP contribution in [0.4, 0.5) is 0 Å². The number of carbonyl (C=O) groups excluding carboxylic acids is 2. The van der Waals surface area contributed by atoms with Crippen LogP contribution in [0, 0.1) is 5.92 Å². The number of nitrogens with one attached hydrogen (secondary N) is 1. The molecule has 1 N–H and O–H groups in total. The summed E-state index contributed by atoms with van der Waals surface area (Å²) in [5, 5.41) is 3.34. The van der Waals surface area contributed by atoms with Crippen molar-refractivity contribution in [2.75, 3.05) is 12.9 Å². The Balaban J connectivity index is 2.58. The Morgan fingerprint density at radius 1 is 1.38 bits per heavy atom. The number of carbonyl (C=O) groups is 2. The van der Waals surface area contributed by atoms with Crippen molar-refractivity contribution >= 4 is 35.2 Å². The third-order valence-corrected chi connectivity index (χ3v) is 4.70. The number of rotatable bonds is 7. The average Bonchev–Trinajstić information content (AvgIpc) is 2.50. The minimum absolute atomic E-state index is 0.0201. The molecule has 0 heterocycles. The molecule has 0 aliphatic carbocycles. The van der Waals surface area contributed by atoms with Gasteiger partial charge in [-0.15, -0.1) is 11.8 Å². The summed E-state index contributed by atoms with van der Waals surface area (Å²) in [6, 6.07) is 6.72. The molecule has 6 heteroatoms. The quantitative estimate of drug-likeness (QED) is 0.617. The Labute approximate surface area is 134 Å². The van der Waals surface area contributed by atoms with Gasteiger partial charge in [0.15, 0.2) is 0 Å². The largest absolute Gasteiger partial charge is 0.467 e. The van der Waals surface area contributed by atoms with Crippen LogP contribution in [0.2, 0.25) is 5.02 Å². The molecule has 0 saturated heterocycles. The fourth-order valence-electron chi connectivity index (χ4n) is 1.72. The van der Waals surface area contributed by atoms with Gasteiger partial charge in [-0.1, -0.05) is 44.0 Å². The minimum atomic E-state index is -0.612. The molecule has 0 radical (unpaired) electrons. The maximum atomic E-state index is 12.0. The highest BCUT2D eigenvalue weighted by molar-refractivity contribution is 8.00. The molecular weight excluding hydrogens is 310 g/mol. The van der Waals surface area contributed by atoms with Crippen LogP contribution in [-0.4, -0.2) is 30.8 Å². The Hall–Kier alpha value is -1.20. The molecule has 0 spiro atoms. The molecule has 0 bridgehead atoms. The van der Waals surface area contributed by atoms with Crippen LogP contribution in [0.3, 0.4) is 0 Å². The number of methoxy groups -OCH3 is 1. The van der Waals surface area contributed by atoms with E-state index in [2.05, 4.69) is 5.32 Å². The number of ether oxygens (including phenoxy) is 1. The first kappa shape index (κ1) is 17.9. The fraction of sp³-hybridized carbons (Fsp3) is 0.467. The summed E-state index contributed by atoms with van der Waals surface area (Å²) >= 11 is 7.37. The number of halogens is 1. The van der Waals surface area contributed by atoms with E-state index in [0.29, 0.717) is 5.02 Å². The topological polar surface area (TPSA) is 55.4 Å². The van der Waals surface area contributed by atoms with Gasteiger partial charge in [-0.25, -0.2) is 4.79 Å². The van der Waals surface area contributed by atoms with E-state index in [-0.39, 0.29) is 17.6 Å². The Kier molecular flexibility index (Phi) is 7.61. The first-order valence-corrected chi connectivity index (χ1v) is 8.10. The van der Waals surface area contributed by atoms with Gasteiger partial charge in [-0.2, -0.15) is 0 Å². The van der Waals surface area contributed by atoms with Gasteiger partial charge in [0, 0.05) is 4.90 Å². The van der Waals surface area contributed by atoms with Gasteiger partial charge in [0.25, 0.3) is 0 Å². The van der Waals surface area contributed by atoms with E-state index in [1.54, 1.807) is 6.07 Å². The lowest BCUT2D eigenvalue weighted by Gasteiger charge is -2.21. The van der Waals surface area contributed by atoms with Crippen LogP contribution in [0.25, 0.3) is 0 Å². The fourth-order valence-corrected chi connectivity index (χ4v) is 2.77. The van der Waals surface area contributed by atoms with Gasteiger partial charge in [-0.3, -0.25) is 4.79 Å². The lowest BCUT2D eigenvalue weighted by molar-refractivity contribution is -0.146. The smallest absolute Gasteiger partial charge is 0.328 e. The summed E-state index contributed by atoms with van der Waals surface area (Å²) in [7, 11) is 1.32. The Morgan fingerprint density at radius 3 is 2.62 bits per heavy atom. The zero-order valence-electron chi connectivity index (χ0n) is 12.4. The minimum Gasteiger partial charge on any atom is -0.467 e. The summed E-state index contributed by atoms with van der Waals surface area (Å²) in [5.41, 5.74) is 0. The Morgan fingerprint density at radius 2 is 2.05 bits per heavy atom. The molecule has 0 aliphatic rings. The number of amides is 1. The van der Waals surface area contributed by atoms with Crippen LogP contribution in [0.1, 0.15) is 20.3 Å². The Bertz CT molecular complexity index is 496. The summed E-state index contributed by atoms with van der Waals surface area (Å²) in [5.74, 6) is -0.406. The highest BCUT2D eigenvalue weighted by Crippen LogP contribution is 2.26. The second-order valence-electron chi connectivity index (χ2n) is 4.67. The van der Waals surface area contributed by atoms with Crippen molar-refractivity contribution in [3.63, 3.8) is 0 Å². The maximum absolute atomic E-state index is 12.0. The normalized spacial score (nSPS) is 13.3. The van der Waals surface area contributed by atoms with E-state index in [0.717, 1.165) is 11.3 Å². The number of benzene rings is 1. The van der Waals surface area contributed by atoms with Crippen molar-refractivity contribution in [2.24, 2.45) is 5.92 Å². The van der Waals surface area contributed by atoms with Gasteiger partial charge < -0.3 is 10.1 Å². The second-order valence-corrected chi connectivity index (χ2v) is 6.10. The summed E-state index contributed by atoms with van der Waals surface area (Å²) in [4.78, 5) is 24.5. The molecule has 21 heavy (non-hydrogen) atoms. The van der Waals surface area contributed by atoms with Gasteiger partial charge in [0.05, 0.1) is 17.9 Å². The van der Waals surface area contributed by atoms with Crippen LogP contribution >= 0.6 is 23.4 Å². The van der Waals surface area contributed by atoms with Gasteiger partial charge in [-0.05, 0) is 18.1 Å². The predicted molar refractivity (Wildman–Crippen MR) is 85.6 cm³/mol. The van der Waals surface area contributed by atoms with Gasteiger partial charge in [0.2, 0.25) is 5.91 Å².